The number of aliphatic hydroxyl groups is 1. The molecule has 114 valence electrons. The number of hydrogen-bond acceptors (Lipinski definition) is 5. The monoisotopic (exact) mass is 277 g/mol. The molecule has 0 aliphatic rings. The molecule has 0 fully saturated rings. The Kier molecular flexibility index (Phi) is 8.71. The zero-order valence-corrected chi connectivity index (χ0v) is 12.6. The molecule has 0 heterocycles. The van der Waals surface area contributed by atoms with E-state index in [0.29, 0.717) is 26.2 Å². The molecule has 0 aromatic heterocycles. The molecule has 1 unspecified atom stereocenters. The highest BCUT2D eigenvalue weighted by molar-refractivity contribution is 5.67. The molecule has 0 saturated heterocycles. The van der Waals surface area contributed by atoms with Crippen molar-refractivity contribution < 1.29 is 24.1 Å². The summed E-state index contributed by atoms with van der Waals surface area (Å²) in [6.07, 6.45) is -1.60. The number of aliphatic hydroxyl groups excluding tert-OH is 1. The molecular weight excluding hydrogens is 250 g/mol. The smallest absolute Gasteiger partial charge is 0.407 e. The molecule has 0 aliphatic heterocycles. The van der Waals surface area contributed by atoms with Crippen LogP contribution >= 0.6 is 0 Å². The molecule has 19 heavy (non-hydrogen) atoms. The van der Waals surface area contributed by atoms with Gasteiger partial charge in [-0.2, -0.15) is 0 Å². The van der Waals surface area contributed by atoms with Gasteiger partial charge in [-0.15, -0.1) is 0 Å². The topological polar surface area (TPSA) is 77.0 Å². The first-order valence-corrected chi connectivity index (χ1v) is 6.68. The summed E-state index contributed by atoms with van der Waals surface area (Å²) in [4.78, 5) is 11.4. The quantitative estimate of drug-likeness (QED) is 0.660. The summed E-state index contributed by atoms with van der Waals surface area (Å²) in [5.74, 6) is 0. The minimum Gasteiger partial charge on any atom is -0.444 e. The lowest BCUT2D eigenvalue weighted by molar-refractivity contribution is -0.190. The first kappa shape index (κ1) is 18.1. The Bertz CT molecular complexity index is 246. The molecule has 6 heteroatoms. The lowest BCUT2D eigenvalue weighted by atomic mass is 10.2. The van der Waals surface area contributed by atoms with Gasteiger partial charge in [0.2, 0.25) is 0 Å². The molecule has 1 amide bonds. The lowest BCUT2D eigenvalue weighted by Gasteiger charge is -2.23. The van der Waals surface area contributed by atoms with Gasteiger partial charge in [-0.1, -0.05) is 0 Å². The minimum absolute atomic E-state index is 0.298. The maximum Gasteiger partial charge on any atom is 0.407 e. The SMILES string of the molecule is CCOC(OCC)C(O)CCNC(=O)OC(C)(C)C. The minimum atomic E-state index is -0.783. The van der Waals surface area contributed by atoms with Crippen LogP contribution in [-0.2, 0) is 14.2 Å². The largest absolute Gasteiger partial charge is 0.444 e. The van der Waals surface area contributed by atoms with E-state index >= 15 is 0 Å². The summed E-state index contributed by atoms with van der Waals surface area (Å²) in [5.41, 5.74) is -0.526. The third-order valence-corrected chi connectivity index (χ3v) is 2.08. The van der Waals surface area contributed by atoms with Crippen molar-refractivity contribution >= 4 is 6.09 Å². The van der Waals surface area contributed by atoms with Crippen molar-refractivity contribution in [3.05, 3.63) is 0 Å². The van der Waals surface area contributed by atoms with E-state index in [0.717, 1.165) is 0 Å². The summed E-state index contributed by atoms with van der Waals surface area (Å²) < 4.78 is 15.6. The number of carbonyl (C=O) groups is 1. The second-order valence-electron chi connectivity index (χ2n) is 5.06. The Morgan fingerprint density at radius 1 is 1.21 bits per heavy atom. The third-order valence-electron chi connectivity index (χ3n) is 2.08. The Morgan fingerprint density at radius 3 is 2.16 bits per heavy atom. The summed E-state index contributed by atoms with van der Waals surface area (Å²) in [7, 11) is 0. The fourth-order valence-electron chi connectivity index (χ4n) is 1.37. The Labute approximate surface area is 115 Å². The fraction of sp³-hybridized carbons (Fsp3) is 0.923. The van der Waals surface area contributed by atoms with Crippen LogP contribution in [-0.4, -0.2) is 49.0 Å². The molecule has 0 aromatic carbocycles. The van der Waals surface area contributed by atoms with Crippen molar-refractivity contribution in [1.29, 1.82) is 0 Å². The van der Waals surface area contributed by atoms with Crippen LogP contribution < -0.4 is 5.32 Å². The van der Waals surface area contributed by atoms with Gasteiger partial charge in [0.05, 0.1) is 0 Å². The van der Waals surface area contributed by atoms with Gasteiger partial charge in [0.25, 0.3) is 0 Å². The average molecular weight is 277 g/mol. The molecule has 1 atom stereocenters. The highest BCUT2D eigenvalue weighted by atomic mass is 16.7. The molecule has 0 saturated carbocycles. The van der Waals surface area contributed by atoms with Gasteiger partial charge in [-0.25, -0.2) is 4.79 Å². The van der Waals surface area contributed by atoms with Gasteiger partial charge in [-0.3, -0.25) is 0 Å². The van der Waals surface area contributed by atoms with Gasteiger partial charge >= 0.3 is 6.09 Å². The van der Waals surface area contributed by atoms with Crippen molar-refractivity contribution in [3.8, 4) is 0 Å². The summed E-state index contributed by atoms with van der Waals surface area (Å²) in [6.45, 7) is 10.3. The number of carbonyl (C=O) groups excluding carboxylic acids is 1. The maximum atomic E-state index is 11.4. The van der Waals surface area contributed by atoms with Crippen LogP contribution in [0.3, 0.4) is 0 Å². The van der Waals surface area contributed by atoms with E-state index in [4.69, 9.17) is 14.2 Å². The van der Waals surface area contributed by atoms with E-state index < -0.39 is 24.1 Å². The van der Waals surface area contributed by atoms with Gasteiger partial charge in [0, 0.05) is 19.8 Å². The van der Waals surface area contributed by atoms with E-state index in [1.165, 1.54) is 0 Å². The van der Waals surface area contributed by atoms with Crippen molar-refractivity contribution in [2.45, 2.75) is 59.0 Å². The molecule has 0 spiro atoms. The number of hydrogen-bond donors (Lipinski definition) is 2. The second kappa shape index (κ2) is 9.12. The predicted octanol–water partition coefficient (Wildman–Crippen LogP) is 1.66. The average Bonchev–Trinajstić information content (AvgIpc) is 2.26. The van der Waals surface area contributed by atoms with Gasteiger partial charge in [-0.05, 0) is 41.0 Å². The number of ether oxygens (including phenoxy) is 3. The van der Waals surface area contributed by atoms with E-state index in [1.807, 2.05) is 13.8 Å². The number of alkyl carbamates (subject to hydrolysis) is 1. The number of rotatable bonds is 8. The van der Waals surface area contributed by atoms with Crippen LogP contribution in [0.5, 0.6) is 0 Å². The van der Waals surface area contributed by atoms with Crippen LogP contribution in [0.4, 0.5) is 4.79 Å². The predicted molar refractivity (Wildman–Crippen MR) is 71.9 cm³/mol. The second-order valence-corrected chi connectivity index (χ2v) is 5.06. The van der Waals surface area contributed by atoms with Crippen molar-refractivity contribution in [2.75, 3.05) is 19.8 Å². The molecular formula is C13H27NO5. The van der Waals surface area contributed by atoms with Crippen LogP contribution in [0.2, 0.25) is 0 Å². The van der Waals surface area contributed by atoms with E-state index in [9.17, 15) is 9.90 Å². The Balaban J connectivity index is 3.94. The Hall–Kier alpha value is -0.850. The Morgan fingerprint density at radius 2 is 1.74 bits per heavy atom. The van der Waals surface area contributed by atoms with Gasteiger partial charge in [0.1, 0.15) is 11.7 Å². The van der Waals surface area contributed by atoms with Crippen molar-refractivity contribution in [2.24, 2.45) is 0 Å². The van der Waals surface area contributed by atoms with Crippen molar-refractivity contribution in [1.82, 2.24) is 5.32 Å². The molecule has 0 radical (unpaired) electrons. The molecule has 6 nitrogen and oxygen atoms in total. The first-order valence-electron chi connectivity index (χ1n) is 6.68. The van der Waals surface area contributed by atoms with Gasteiger partial charge < -0.3 is 24.6 Å². The maximum absolute atomic E-state index is 11.4. The van der Waals surface area contributed by atoms with Crippen LogP contribution in [0.1, 0.15) is 41.0 Å². The highest BCUT2D eigenvalue weighted by Crippen LogP contribution is 2.08. The number of amides is 1. The van der Waals surface area contributed by atoms with E-state index in [2.05, 4.69) is 5.32 Å². The van der Waals surface area contributed by atoms with Crippen molar-refractivity contribution in [3.63, 3.8) is 0 Å². The summed E-state index contributed by atoms with van der Waals surface area (Å²) in [5, 5.41) is 12.5. The number of nitrogens with one attached hydrogen (secondary N) is 1. The molecule has 0 rings (SSSR count). The van der Waals surface area contributed by atoms with E-state index in [-0.39, 0.29) is 0 Å². The van der Waals surface area contributed by atoms with Gasteiger partial charge in [0.15, 0.2) is 6.29 Å². The van der Waals surface area contributed by atoms with Crippen LogP contribution in [0.15, 0.2) is 0 Å². The van der Waals surface area contributed by atoms with Crippen LogP contribution in [0, 0.1) is 0 Å². The molecule has 0 aromatic rings. The summed E-state index contributed by atoms with van der Waals surface area (Å²) >= 11 is 0. The van der Waals surface area contributed by atoms with E-state index in [1.54, 1.807) is 20.8 Å². The zero-order valence-electron chi connectivity index (χ0n) is 12.6. The first-order chi connectivity index (χ1) is 8.80. The fourth-order valence-corrected chi connectivity index (χ4v) is 1.37. The molecule has 0 aliphatic carbocycles. The highest BCUT2D eigenvalue weighted by Gasteiger charge is 2.20. The van der Waals surface area contributed by atoms with Crippen LogP contribution in [0.25, 0.3) is 0 Å². The zero-order chi connectivity index (χ0) is 14.9. The summed E-state index contributed by atoms with van der Waals surface area (Å²) in [6, 6.07) is 0. The molecule has 2 N–H and O–H groups in total. The normalized spacial score (nSPS) is 13.4. The standard InChI is InChI=1S/C13H27NO5/c1-6-17-11(18-7-2)10(15)8-9-14-12(16)19-13(3,4)5/h10-11,15H,6-9H2,1-5H3,(H,14,16). The third kappa shape index (κ3) is 9.69. The molecule has 0 bridgehead atoms. The lowest BCUT2D eigenvalue weighted by Crippen LogP contribution is -2.37.